The van der Waals surface area contributed by atoms with Gasteiger partial charge in [-0.05, 0) is 59.3 Å². The second-order valence-corrected chi connectivity index (χ2v) is 6.72. The molecule has 0 atom stereocenters. The number of nitriles is 1. The van der Waals surface area contributed by atoms with Gasteiger partial charge in [0, 0.05) is 5.39 Å². The summed E-state index contributed by atoms with van der Waals surface area (Å²) in [5.41, 5.74) is 3.80. The van der Waals surface area contributed by atoms with Gasteiger partial charge < -0.3 is 13.9 Å². The molecule has 0 spiro atoms. The van der Waals surface area contributed by atoms with Crippen LogP contribution in [0.2, 0.25) is 0 Å². The minimum Gasteiger partial charge on any atom is -0.490 e. The predicted molar refractivity (Wildman–Crippen MR) is 113 cm³/mol. The highest BCUT2D eigenvalue weighted by atomic mass is 127. The quantitative estimate of drug-likeness (QED) is 0.306. The second-order valence-electron chi connectivity index (χ2n) is 5.56. The van der Waals surface area contributed by atoms with E-state index in [-0.39, 0.29) is 12.4 Å². The predicted octanol–water partition coefficient (Wildman–Crippen LogP) is 4.10. The lowest BCUT2D eigenvalue weighted by Gasteiger charge is -2.12. The van der Waals surface area contributed by atoms with Crippen LogP contribution in [0.1, 0.15) is 23.0 Å². The number of halogens is 1. The van der Waals surface area contributed by atoms with Gasteiger partial charge in [0.25, 0.3) is 0 Å². The maximum absolute atomic E-state index is 12.2. The molecular formula is C20H16IN3O4. The number of nitrogens with one attached hydrogen (secondary N) is 1. The van der Waals surface area contributed by atoms with Crippen LogP contribution < -0.4 is 14.9 Å². The first kappa shape index (κ1) is 19.7. The summed E-state index contributed by atoms with van der Waals surface area (Å²) < 4.78 is 17.3. The lowest BCUT2D eigenvalue weighted by Crippen LogP contribution is -2.16. The molecule has 0 aliphatic carbocycles. The van der Waals surface area contributed by atoms with Crippen LogP contribution in [-0.2, 0) is 0 Å². The molecule has 1 amide bonds. The van der Waals surface area contributed by atoms with Crippen molar-refractivity contribution in [3.8, 4) is 17.6 Å². The highest BCUT2D eigenvalue weighted by molar-refractivity contribution is 14.1. The SMILES string of the molecule is CCOc1cc(/C=N/NC(=O)c2cc3ccccc3o2)cc(I)c1OCC#N. The largest absolute Gasteiger partial charge is 0.490 e. The zero-order chi connectivity index (χ0) is 19.9. The summed E-state index contributed by atoms with van der Waals surface area (Å²) in [7, 11) is 0. The average Bonchev–Trinajstić information content (AvgIpc) is 3.12. The Morgan fingerprint density at radius 1 is 1.32 bits per heavy atom. The number of hydrogen-bond donors (Lipinski definition) is 1. The zero-order valence-corrected chi connectivity index (χ0v) is 17.1. The number of carbonyl (C=O) groups is 1. The standard InChI is InChI=1S/C20H16IN3O4/c1-2-26-17-10-13(9-15(21)19(17)27-8-7-22)12-23-24-20(25)18-11-14-5-3-4-6-16(14)28-18/h3-6,9-12H,2,8H2,1H3,(H,24,25)/b23-12+. The van der Waals surface area contributed by atoms with Crippen molar-refractivity contribution in [3.63, 3.8) is 0 Å². The Labute approximate surface area is 175 Å². The maximum Gasteiger partial charge on any atom is 0.307 e. The normalized spacial score (nSPS) is 10.8. The molecule has 0 aliphatic heterocycles. The monoisotopic (exact) mass is 489 g/mol. The molecule has 0 bridgehead atoms. The molecule has 0 fully saturated rings. The molecule has 0 unspecified atom stereocenters. The Balaban J connectivity index is 1.74. The van der Waals surface area contributed by atoms with Gasteiger partial charge >= 0.3 is 5.91 Å². The molecule has 3 rings (SSSR count). The van der Waals surface area contributed by atoms with Crippen LogP contribution in [-0.4, -0.2) is 25.3 Å². The summed E-state index contributed by atoms with van der Waals surface area (Å²) in [6.45, 7) is 2.23. The highest BCUT2D eigenvalue weighted by Crippen LogP contribution is 2.33. The molecule has 142 valence electrons. The molecule has 0 saturated heterocycles. The first-order valence-corrected chi connectivity index (χ1v) is 9.48. The smallest absolute Gasteiger partial charge is 0.307 e. The third-order valence-corrected chi connectivity index (χ3v) is 4.44. The number of nitrogens with zero attached hydrogens (tertiary/aromatic N) is 2. The fourth-order valence-corrected chi connectivity index (χ4v) is 3.27. The van der Waals surface area contributed by atoms with Crippen LogP contribution in [0, 0.1) is 14.9 Å². The van der Waals surface area contributed by atoms with Gasteiger partial charge in [-0.15, -0.1) is 0 Å². The molecule has 0 radical (unpaired) electrons. The maximum atomic E-state index is 12.2. The van der Waals surface area contributed by atoms with Gasteiger partial charge in [0.15, 0.2) is 23.9 Å². The zero-order valence-electron chi connectivity index (χ0n) is 14.9. The summed E-state index contributed by atoms with van der Waals surface area (Å²) in [5, 5.41) is 13.5. The first-order chi connectivity index (χ1) is 13.6. The lowest BCUT2D eigenvalue weighted by atomic mass is 10.2. The fraction of sp³-hybridized carbons (Fsp3) is 0.150. The minimum atomic E-state index is -0.443. The van der Waals surface area contributed by atoms with Gasteiger partial charge in [-0.25, -0.2) is 5.43 Å². The number of hydrogen-bond acceptors (Lipinski definition) is 6. The molecule has 0 aliphatic rings. The van der Waals surface area contributed by atoms with E-state index >= 15 is 0 Å². The molecule has 0 saturated carbocycles. The molecule has 1 heterocycles. The van der Waals surface area contributed by atoms with E-state index in [0.717, 1.165) is 8.96 Å². The summed E-state index contributed by atoms with van der Waals surface area (Å²) in [6, 6.07) is 14.5. The van der Waals surface area contributed by atoms with Gasteiger partial charge in [0.2, 0.25) is 0 Å². The van der Waals surface area contributed by atoms with E-state index in [4.69, 9.17) is 19.2 Å². The number of hydrazone groups is 1. The van der Waals surface area contributed by atoms with Crippen molar-refractivity contribution in [2.75, 3.05) is 13.2 Å². The van der Waals surface area contributed by atoms with E-state index in [9.17, 15) is 4.79 Å². The Morgan fingerprint density at radius 2 is 2.14 bits per heavy atom. The van der Waals surface area contributed by atoms with E-state index in [2.05, 4.69) is 33.1 Å². The number of carbonyl (C=O) groups excluding carboxylic acids is 1. The summed E-state index contributed by atoms with van der Waals surface area (Å²) in [4.78, 5) is 12.2. The number of para-hydroxylation sites is 1. The van der Waals surface area contributed by atoms with Crippen LogP contribution in [0.3, 0.4) is 0 Å². The van der Waals surface area contributed by atoms with Gasteiger partial charge in [-0.2, -0.15) is 10.4 Å². The Bertz CT molecular complexity index is 1040. The molecule has 1 aromatic heterocycles. The van der Waals surface area contributed by atoms with Crippen LogP contribution in [0.4, 0.5) is 0 Å². The highest BCUT2D eigenvalue weighted by Gasteiger charge is 2.13. The van der Waals surface area contributed by atoms with Crippen LogP contribution in [0.15, 0.2) is 52.0 Å². The van der Waals surface area contributed by atoms with E-state index < -0.39 is 5.91 Å². The van der Waals surface area contributed by atoms with Gasteiger partial charge in [-0.3, -0.25) is 4.79 Å². The number of benzene rings is 2. The minimum absolute atomic E-state index is 0.0724. The summed E-state index contributed by atoms with van der Waals surface area (Å²) >= 11 is 2.09. The lowest BCUT2D eigenvalue weighted by molar-refractivity contribution is 0.0929. The number of rotatable bonds is 7. The Morgan fingerprint density at radius 3 is 2.89 bits per heavy atom. The Kier molecular flexibility index (Phi) is 6.49. The van der Waals surface area contributed by atoms with Crippen molar-refractivity contribution < 1.29 is 18.7 Å². The third-order valence-electron chi connectivity index (χ3n) is 3.64. The van der Waals surface area contributed by atoms with Gasteiger partial charge in [0.05, 0.1) is 16.4 Å². The van der Waals surface area contributed by atoms with Crippen molar-refractivity contribution in [3.05, 3.63) is 57.4 Å². The van der Waals surface area contributed by atoms with Crippen molar-refractivity contribution in [2.24, 2.45) is 5.10 Å². The van der Waals surface area contributed by atoms with E-state index in [1.807, 2.05) is 37.3 Å². The first-order valence-electron chi connectivity index (χ1n) is 8.40. The third kappa shape index (κ3) is 4.61. The number of ether oxygens (including phenoxy) is 2. The van der Waals surface area contributed by atoms with Crippen LogP contribution in [0.25, 0.3) is 11.0 Å². The number of fused-ring (bicyclic) bond motifs is 1. The second kappa shape index (κ2) is 9.23. The van der Waals surface area contributed by atoms with Crippen molar-refractivity contribution in [2.45, 2.75) is 6.92 Å². The Hall–Kier alpha value is -3.06. The van der Waals surface area contributed by atoms with Crippen molar-refractivity contribution in [1.29, 1.82) is 5.26 Å². The molecular weight excluding hydrogens is 473 g/mol. The van der Waals surface area contributed by atoms with E-state index in [1.165, 1.54) is 6.21 Å². The molecule has 8 heteroatoms. The fourth-order valence-electron chi connectivity index (χ4n) is 2.48. The van der Waals surface area contributed by atoms with Crippen molar-refractivity contribution in [1.82, 2.24) is 5.43 Å². The molecule has 7 nitrogen and oxygen atoms in total. The molecule has 1 N–H and O–H groups in total. The summed E-state index contributed by atoms with van der Waals surface area (Å²) in [6.07, 6.45) is 1.50. The van der Waals surface area contributed by atoms with Gasteiger partial charge in [0.1, 0.15) is 11.7 Å². The molecule has 3 aromatic rings. The average molecular weight is 489 g/mol. The topological polar surface area (TPSA) is 96.8 Å². The van der Waals surface area contributed by atoms with E-state index in [0.29, 0.717) is 29.3 Å². The number of furan rings is 1. The van der Waals surface area contributed by atoms with Crippen molar-refractivity contribution >= 4 is 45.7 Å². The molecule has 2 aromatic carbocycles. The summed E-state index contributed by atoms with van der Waals surface area (Å²) in [5.74, 6) is 0.756. The molecule has 28 heavy (non-hydrogen) atoms. The van der Waals surface area contributed by atoms with E-state index in [1.54, 1.807) is 18.2 Å². The number of amides is 1. The van der Waals surface area contributed by atoms with Gasteiger partial charge in [-0.1, -0.05) is 18.2 Å². The van der Waals surface area contributed by atoms with Crippen LogP contribution >= 0.6 is 22.6 Å². The van der Waals surface area contributed by atoms with Crippen LogP contribution in [0.5, 0.6) is 11.5 Å².